The van der Waals surface area contributed by atoms with Crippen LogP contribution in [0.1, 0.15) is 19.8 Å². The summed E-state index contributed by atoms with van der Waals surface area (Å²) in [7, 11) is 0. The maximum atomic E-state index is 9.06. The van der Waals surface area contributed by atoms with E-state index in [1.165, 1.54) is 0 Å². The van der Waals surface area contributed by atoms with Crippen LogP contribution in [0.2, 0.25) is 0 Å². The van der Waals surface area contributed by atoms with Crippen LogP contribution in [-0.2, 0) is 0 Å². The Kier molecular flexibility index (Phi) is 2.27. The predicted octanol–water partition coefficient (Wildman–Crippen LogP) is 0.280. The Bertz CT molecular complexity index is 84.5. The summed E-state index contributed by atoms with van der Waals surface area (Å²) in [6, 6.07) is 0.0347. The number of halogens is 1. The van der Waals surface area contributed by atoms with Crippen molar-refractivity contribution in [2.24, 2.45) is 5.73 Å². The smallest absolute Gasteiger partial charge is 0.0770 e. The molecule has 1 unspecified atom stereocenters. The quantitative estimate of drug-likeness (QED) is 0.504. The molecule has 50 valence electrons. The van der Waals surface area contributed by atoms with E-state index in [0.29, 0.717) is 0 Å². The Hall–Kier alpha value is 0.210. The van der Waals surface area contributed by atoms with Gasteiger partial charge in [-0.15, -0.1) is 12.4 Å². The fraction of sp³-hybridized carbons (Fsp3) is 1.00. The average Bonchev–Trinajstić information content (AvgIpc) is 1.63. The maximum Gasteiger partial charge on any atom is 0.0770 e. The molecule has 0 spiro atoms. The normalized spacial score (nSPS) is 44.6. The molecule has 0 saturated heterocycles. The molecule has 0 aromatic heterocycles. The third-order valence-corrected chi connectivity index (χ3v) is 1.76. The zero-order chi connectivity index (χ0) is 5.49. The number of aliphatic hydroxyl groups is 1. The third-order valence-electron chi connectivity index (χ3n) is 1.76. The van der Waals surface area contributed by atoms with Crippen LogP contribution < -0.4 is 5.73 Å². The molecule has 1 saturated carbocycles. The van der Waals surface area contributed by atoms with Gasteiger partial charge in [-0.2, -0.15) is 0 Å². The molecule has 0 aliphatic heterocycles. The minimum atomic E-state index is -0.542. The van der Waals surface area contributed by atoms with E-state index in [4.69, 9.17) is 10.8 Å². The minimum absolute atomic E-state index is 0. The molecule has 0 bridgehead atoms. The molecule has 2 atom stereocenters. The van der Waals surface area contributed by atoms with Crippen LogP contribution in [0.15, 0.2) is 0 Å². The van der Waals surface area contributed by atoms with Crippen molar-refractivity contribution in [3.05, 3.63) is 0 Å². The Morgan fingerprint density at radius 1 is 1.75 bits per heavy atom. The lowest BCUT2D eigenvalue weighted by Gasteiger charge is -2.39. The van der Waals surface area contributed by atoms with Crippen LogP contribution in [0.4, 0.5) is 0 Å². The van der Waals surface area contributed by atoms with Gasteiger partial charge in [0.25, 0.3) is 0 Å². The average molecular weight is 138 g/mol. The lowest BCUT2D eigenvalue weighted by molar-refractivity contribution is -0.0367. The molecule has 0 aromatic carbocycles. The van der Waals surface area contributed by atoms with Gasteiger partial charge in [0.15, 0.2) is 0 Å². The van der Waals surface area contributed by atoms with Gasteiger partial charge < -0.3 is 10.8 Å². The first-order valence-corrected chi connectivity index (χ1v) is 2.61. The summed E-state index contributed by atoms with van der Waals surface area (Å²) in [5, 5.41) is 9.06. The van der Waals surface area contributed by atoms with Crippen molar-refractivity contribution >= 4 is 12.4 Å². The molecule has 0 heterocycles. The van der Waals surface area contributed by atoms with Crippen molar-refractivity contribution in [2.75, 3.05) is 0 Å². The molecule has 1 aliphatic rings. The first-order valence-electron chi connectivity index (χ1n) is 2.61. The number of nitrogens with two attached hydrogens (primary N) is 1. The summed E-state index contributed by atoms with van der Waals surface area (Å²) < 4.78 is 0. The van der Waals surface area contributed by atoms with Gasteiger partial charge in [0.2, 0.25) is 0 Å². The topological polar surface area (TPSA) is 46.2 Å². The zero-order valence-electron chi connectivity index (χ0n) is 4.92. The first-order chi connectivity index (χ1) is 3.13. The van der Waals surface area contributed by atoms with E-state index in [9.17, 15) is 0 Å². The van der Waals surface area contributed by atoms with Crippen molar-refractivity contribution < 1.29 is 5.11 Å². The van der Waals surface area contributed by atoms with E-state index in [-0.39, 0.29) is 18.4 Å². The number of hydrogen-bond donors (Lipinski definition) is 2. The van der Waals surface area contributed by atoms with Crippen LogP contribution >= 0.6 is 12.4 Å². The molecule has 3 N–H and O–H groups in total. The van der Waals surface area contributed by atoms with Crippen molar-refractivity contribution in [2.45, 2.75) is 31.4 Å². The fourth-order valence-corrected chi connectivity index (χ4v) is 0.729. The van der Waals surface area contributed by atoms with E-state index >= 15 is 0 Å². The Morgan fingerprint density at radius 3 is 2.12 bits per heavy atom. The summed E-state index contributed by atoms with van der Waals surface area (Å²) in [5.41, 5.74) is 4.86. The van der Waals surface area contributed by atoms with Gasteiger partial charge in [-0.05, 0) is 19.8 Å². The second kappa shape index (κ2) is 2.21. The standard InChI is InChI=1S/C5H11NO.ClH/c1-5(7)3-2-4(5)6;/h4,7H,2-3,6H2,1H3;1H/t4?,5-;/m1./s1. The summed E-state index contributed by atoms with van der Waals surface area (Å²) in [4.78, 5) is 0. The maximum absolute atomic E-state index is 9.06. The van der Waals surface area contributed by atoms with Crippen LogP contribution in [0.5, 0.6) is 0 Å². The van der Waals surface area contributed by atoms with Crippen molar-refractivity contribution in [1.29, 1.82) is 0 Å². The van der Waals surface area contributed by atoms with Crippen molar-refractivity contribution in [1.82, 2.24) is 0 Å². The zero-order valence-corrected chi connectivity index (χ0v) is 5.74. The second-order valence-electron chi connectivity index (χ2n) is 2.50. The SMILES string of the molecule is C[C@@]1(O)CCC1N.Cl. The molecule has 1 fully saturated rings. The van der Waals surface area contributed by atoms with Crippen molar-refractivity contribution in [3.8, 4) is 0 Å². The monoisotopic (exact) mass is 137 g/mol. The van der Waals surface area contributed by atoms with Crippen LogP contribution in [0, 0.1) is 0 Å². The highest BCUT2D eigenvalue weighted by Crippen LogP contribution is 2.29. The number of hydrogen-bond acceptors (Lipinski definition) is 2. The van der Waals surface area contributed by atoms with Gasteiger partial charge in [0.1, 0.15) is 0 Å². The van der Waals surface area contributed by atoms with Crippen molar-refractivity contribution in [3.63, 3.8) is 0 Å². The van der Waals surface area contributed by atoms with E-state index in [1.807, 2.05) is 0 Å². The molecule has 3 heteroatoms. The number of rotatable bonds is 0. The second-order valence-corrected chi connectivity index (χ2v) is 2.50. The van der Waals surface area contributed by atoms with Gasteiger partial charge in [0, 0.05) is 6.04 Å². The van der Waals surface area contributed by atoms with Gasteiger partial charge >= 0.3 is 0 Å². The molecule has 2 nitrogen and oxygen atoms in total. The fourth-order valence-electron chi connectivity index (χ4n) is 0.729. The lowest BCUT2D eigenvalue weighted by atomic mass is 9.77. The summed E-state index contributed by atoms with van der Waals surface area (Å²) in [5.74, 6) is 0. The van der Waals surface area contributed by atoms with Crippen LogP contribution in [0.25, 0.3) is 0 Å². The lowest BCUT2D eigenvalue weighted by Crippen LogP contribution is -2.54. The molecular weight excluding hydrogens is 126 g/mol. The van der Waals surface area contributed by atoms with Crippen LogP contribution in [0.3, 0.4) is 0 Å². The Balaban J connectivity index is 0.000000490. The predicted molar refractivity (Wildman–Crippen MR) is 35.1 cm³/mol. The minimum Gasteiger partial charge on any atom is -0.389 e. The molecule has 0 amide bonds. The summed E-state index contributed by atoms with van der Waals surface area (Å²) in [6.07, 6.45) is 1.85. The largest absolute Gasteiger partial charge is 0.389 e. The first kappa shape index (κ1) is 8.21. The van der Waals surface area contributed by atoms with E-state index < -0.39 is 5.60 Å². The van der Waals surface area contributed by atoms with E-state index in [2.05, 4.69) is 0 Å². The highest BCUT2D eigenvalue weighted by Gasteiger charge is 2.37. The Labute approximate surface area is 55.5 Å². The molecule has 0 aromatic rings. The van der Waals surface area contributed by atoms with Gasteiger partial charge in [-0.25, -0.2) is 0 Å². The van der Waals surface area contributed by atoms with E-state index in [1.54, 1.807) is 6.92 Å². The molecule has 8 heavy (non-hydrogen) atoms. The van der Waals surface area contributed by atoms with Gasteiger partial charge in [-0.1, -0.05) is 0 Å². The van der Waals surface area contributed by atoms with E-state index in [0.717, 1.165) is 12.8 Å². The summed E-state index contributed by atoms with van der Waals surface area (Å²) in [6.45, 7) is 1.78. The molecule has 1 aliphatic carbocycles. The molecule has 0 radical (unpaired) electrons. The van der Waals surface area contributed by atoms with Crippen LogP contribution in [-0.4, -0.2) is 16.7 Å². The summed E-state index contributed by atoms with van der Waals surface area (Å²) >= 11 is 0. The third kappa shape index (κ3) is 1.13. The Morgan fingerprint density at radius 2 is 2.12 bits per heavy atom. The highest BCUT2D eigenvalue weighted by molar-refractivity contribution is 5.85. The highest BCUT2D eigenvalue weighted by atomic mass is 35.5. The molecule has 1 rings (SSSR count). The van der Waals surface area contributed by atoms with Gasteiger partial charge in [0.05, 0.1) is 5.60 Å². The molecular formula is C5H12ClNO. The van der Waals surface area contributed by atoms with Gasteiger partial charge in [-0.3, -0.25) is 0 Å².